The molecule has 0 bridgehead atoms. The van der Waals surface area contributed by atoms with Gasteiger partial charge in [0, 0.05) is 18.7 Å². The topological polar surface area (TPSA) is 43.8 Å². The molecule has 126 valence electrons. The van der Waals surface area contributed by atoms with Gasteiger partial charge in [-0.05, 0) is 69.5 Å². The summed E-state index contributed by atoms with van der Waals surface area (Å²) >= 11 is 0. The van der Waals surface area contributed by atoms with E-state index in [1.807, 2.05) is 0 Å². The molecule has 1 unspecified atom stereocenters. The normalized spacial score (nSPS) is 25.8. The van der Waals surface area contributed by atoms with Gasteiger partial charge in [-0.15, -0.1) is 0 Å². The largest absolute Gasteiger partial charge is 0.387 e. The van der Waals surface area contributed by atoms with Crippen molar-refractivity contribution in [2.24, 2.45) is 0 Å². The molecule has 3 rings (SSSR count). The Hall–Kier alpha value is -1.46. The Bertz CT molecular complexity index is 586. The van der Waals surface area contributed by atoms with Crippen molar-refractivity contribution in [2.75, 3.05) is 32.7 Å². The van der Waals surface area contributed by atoms with Crippen molar-refractivity contribution < 1.29 is 14.3 Å². The van der Waals surface area contributed by atoms with Crippen LogP contribution in [0.5, 0.6) is 0 Å². The van der Waals surface area contributed by atoms with E-state index in [0.29, 0.717) is 30.8 Å². The Balaban J connectivity index is 1.69. The maximum Gasteiger partial charge on any atom is 0.253 e. The summed E-state index contributed by atoms with van der Waals surface area (Å²) in [5.74, 6) is -0.418. The van der Waals surface area contributed by atoms with Crippen LogP contribution >= 0.6 is 0 Å². The second kappa shape index (κ2) is 6.57. The SMILES string of the molecule is Cc1cc(C(=O)N2CCCC(O)(CN3CCCC3)C2)ccc1F. The molecule has 0 spiro atoms. The Morgan fingerprint density at radius 2 is 2.00 bits per heavy atom. The van der Waals surface area contributed by atoms with E-state index >= 15 is 0 Å². The molecule has 1 N–H and O–H groups in total. The highest BCUT2D eigenvalue weighted by molar-refractivity contribution is 5.94. The van der Waals surface area contributed by atoms with E-state index in [0.717, 1.165) is 25.9 Å². The number of halogens is 1. The predicted molar refractivity (Wildman–Crippen MR) is 86.9 cm³/mol. The van der Waals surface area contributed by atoms with Crippen molar-refractivity contribution in [1.29, 1.82) is 0 Å². The van der Waals surface area contributed by atoms with Crippen LogP contribution in [0.4, 0.5) is 4.39 Å². The number of carbonyl (C=O) groups is 1. The number of nitrogens with zero attached hydrogens (tertiary/aromatic N) is 2. The molecule has 4 nitrogen and oxygen atoms in total. The highest BCUT2D eigenvalue weighted by Gasteiger charge is 2.37. The summed E-state index contributed by atoms with van der Waals surface area (Å²) in [6, 6.07) is 4.45. The number of amides is 1. The summed E-state index contributed by atoms with van der Waals surface area (Å²) in [7, 11) is 0. The number of hydrogen-bond donors (Lipinski definition) is 1. The van der Waals surface area contributed by atoms with Crippen LogP contribution in [0.25, 0.3) is 0 Å². The van der Waals surface area contributed by atoms with E-state index in [1.54, 1.807) is 17.9 Å². The maximum absolute atomic E-state index is 13.4. The molecule has 1 aromatic rings. The lowest BCUT2D eigenvalue weighted by atomic mass is 9.91. The van der Waals surface area contributed by atoms with Crippen LogP contribution < -0.4 is 0 Å². The highest BCUT2D eigenvalue weighted by atomic mass is 19.1. The zero-order valence-electron chi connectivity index (χ0n) is 13.7. The summed E-state index contributed by atoms with van der Waals surface area (Å²) in [5.41, 5.74) is 0.141. The molecule has 1 aromatic carbocycles. The minimum Gasteiger partial charge on any atom is -0.387 e. The van der Waals surface area contributed by atoms with Gasteiger partial charge < -0.3 is 14.9 Å². The second-order valence-corrected chi connectivity index (χ2v) is 7.00. The summed E-state index contributed by atoms with van der Waals surface area (Å²) in [5, 5.41) is 10.9. The van der Waals surface area contributed by atoms with Crippen LogP contribution in [0.3, 0.4) is 0 Å². The molecule has 1 atom stereocenters. The van der Waals surface area contributed by atoms with E-state index in [4.69, 9.17) is 0 Å². The van der Waals surface area contributed by atoms with Crippen molar-refractivity contribution in [1.82, 2.24) is 9.80 Å². The summed E-state index contributed by atoms with van der Waals surface area (Å²) in [6.45, 7) is 5.38. The molecule has 2 saturated heterocycles. The molecular formula is C18H25FN2O2. The number of benzene rings is 1. The van der Waals surface area contributed by atoms with Gasteiger partial charge in [0.05, 0.1) is 12.1 Å². The van der Waals surface area contributed by atoms with Crippen LogP contribution in [0.1, 0.15) is 41.6 Å². The van der Waals surface area contributed by atoms with Gasteiger partial charge in [0.1, 0.15) is 5.82 Å². The third-order valence-electron chi connectivity index (χ3n) is 4.96. The van der Waals surface area contributed by atoms with Crippen LogP contribution in [-0.2, 0) is 0 Å². The lowest BCUT2D eigenvalue weighted by Crippen LogP contribution is -2.55. The highest BCUT2D eigenvalue weighted by Crippen LogP contribution is 2.25. The maximum atomic E-state index is 13.4. The molecular weight excluding hydrogens is 295 g/mol. The zero-order chi connectivity index (χ0) is 16.4. The first-order valence-corrected chi connectivity index (χ1v) is 8.47. The van der Waals surface area contributed by atoms with E-state index in [2.05, 4.69) is 4.90 Å². The Morgan fingerprint density at radius 1 is 1.26 bits per heavy atom. The number of likely N-dealkylation sites (tertiary alicyclic amines) is 2. The lowest BCUT2D eigenvalue weighted by Gasteiger charge is -2.41. The van der Waals surface area contributed by atoms with E-state index in [1.165, 1.54) is 25.0 Å². The quantitative estimate of drug-likeness (QED) is 0.928. The van der Waals surface area contributed by atoms with E-state index in [9.17, 15) is 14.3 Å². The molecule has 5 heteroatoms. The van der Waals surface area contributed by atoms with Gasteiger partial charge in [0.25, 0.3) is 5.91 Å². The number of aliphatic hydroxyl groups is 1. The third kappa shape index (κ3) is 3.72. The smallest absolute Gasteiger partial charge is 0.253 e. The van der Waals surface area contributed by atoms with Gasteiger partial charge in [-0.3, -0.25) is 4.79 Å². The fourth-order valence-corrected chi connectivity index (χ4v) is 3.73. The first-order valence-electron chi connectivity index (χ1n) is 8.47. The molecule has 2 heterocycles. The fraction of sp³-hybridized carbons (Fsp3) is 0.611. The standard InChI is InChI=1S/C18H25FN2O2/c1-14-11-15(5-6-16(14)19)17(22)21-10-4-7-18(23,13-21)12-20-8-2-3-9-20/h5-6,11,23H,2-4,7-10,12-13H2,1H3. The summed E-state index contributed by atoms with van der Waals surface area (Å²) < 4.78 is 13.4. The number of hydrogen-bond acceptors (Lipinski definition) is 3. The average Bonchev–Trinajstić information content (AvgIpc) is 3.01. The van der Waals surface area contributed by atoms with Gasteiger partial charge in [-0.2, -0.15) is 0 Å². The van der Waals surface area contributed by atoms with E-state index in [-0.39, 0.29) is 11.7 Å². The average molecular weight is 320 g/mol. The molecule has 0 radical (unpaired) electrons. The van der Waals surface area contributed by atoms with Crippen LogP contribution in [0.2, 0.25) is 0 Å². The lowest BCUT2D eigenvalue weighted by molar-refractivity contribution is -0.0431. The monoisotopic (exact) mass is 320 g/mol. The number of rotatable bonds is 3. The van der Waals surface area contributed by atoms with Gasteiger partial charge in [-0.1, -0.05) is 0 Å². The van der Waals surface area contributed by atoms with Crippen LogP contribution in [0, 0.1) is 12.7 Å². The zero-order valence-corrected chi connectivity index (χ0v) is 13.7. The van der Waals surface area contributed by atoms with Gasteiger partial charge in [-0.25, -0.2) is 4.39 Å². The number of carbonyl (C=O) groups excluding carboxylic acids is 1. The van der Waals surface area contributed by atoms with Crippen molar-refractivity contribution in [3.05, 3.63) is 35.1 Å². The Morgan fingerprint density at radius 3 is 2.70 bits per heavy atom. The fourth-order valence-electron chi connectivity index (χ4n) is 3.73. The third-order valence-corrected chi connectivity index (χ3v) is 4.96. The minimum absolute atomic E-state index is 0.118. The first kappa shape index (κ1) is 16.4. The minimum atomic E-state index is -0.826. The second-order valence-electron chi connectivity index (χ2n) is 7.00. The van der Waals surface area contributed by atoms with Gasteiger partial charge in [0.15, 0.2) is 0 Å². The van der Waals surface area contributed by atoms with Crippen molar-refractivity contribution in [3.8, 4) is 0 Å². The summed E-state index contributed by atoms with van der Waals surface area (Å²) in [4.78, 5) is 16.7. The molecule has 2 aliphatic rings. The predicted octanol–water partition coefficient (Wildman–Crippen LogP) is 2.20. The molecule has 23 heavy (non-hydrogen) atoms. The molecule has 1 amide bonds. The van der Waals surface area contributed by atoms with Gasteiger partial charge in [0.2, 0.25) is 0 Å². The van der Waals surface area contributed by atoms with Crippen LogP contribution in [-0.4, -0.2) is 59.1 Å². The number of piperidine rings is 1. The molecule has 2 fully saturated rings. The summed E-state index contributed by atoms with van der Waals surface area (Å²) in [6.07, 6.45) is 3.91. The molecule has 0 saturated carbocycles. The number of aryl methyl sites for hydroxylation is 1. The van der Waals surface area contributed by atoms with Crippen molar-refractivity contribution in [2.45, 2.75) is 38.2 Å². The Kier molecular flexibility index (Phi) is 4.69. The molecule has 0 aliphatic carbocycles. The number of β-amino-alcohol motifs (C(OH)–C–C–N with tert-alkyl or cyclic N) is 1. The van der Waals surface area contributed by atoms with E-state index < -0.39 is 5.60 Å². The first-order chi connectivity index (χ1) is 11.0. The molecule has 0 aromatic heterocycles. The Labute approximate surface area is 136 Å². The van der Waals surface area contributed by atoms with Gasteiger partial charge >= 0.3 is 0 Å². The van der Waals surface area contributed by atoms with Crippen molar-refractivity contribution >= 4 is 5.91 Å². The molecule has 2 aliphatic heterocycles. The van der Waals surface area contributed by atoms with Crippen LogP contribution in [0.15, 0.2) is 18.2 Å². The van der Waals surface area contributed by atoms with Crippen molar-refractivity contribution in [3.63, 3.8) is 0 Å².